The summed E-state index contributed by atoms with van der Waals surface area (Å²) in [5, 5.41) is 0. The van der Waals surface area contributed by atoms with Gasteiger partial charge in [0.15, 0.2) is 6.10 Å². The van der Waals surface area contributed by atoms with E-state index in [0.717, 1.165) is 0 Å². The lowest BCUT2D eigenvalue weighted by Crippen LogP contribution is -2.57. The number of hydrogen-bond acceptors (Lipinski definition) is 4. The number of likely N-dealkylation sites (N-methyl/N-ethyl adjacent to an activating group) is 2. The first-order chi connectivity index (χ1) is 8.78. The topological polar surface area (TPSA) is 49.9 Å². The van der Waals surface area contributed by atoms with Crippen LogP contribution in [0.25, 0.3) is 0 Å². The Labute approximate surface area is 113 Å². The average Bonchev–Trinajstić information content (AvgIpc) is 2.75. The lowest BCUT2D eigenvalue weighted by Gasteiger charge is -2.44. The normalized spacial score (nSPS) is 46.4. The molecule has 104 valence electrons. The summed E-state index contributed by atoms with van der Waals surface area (Å²) in [5.74, 6) is -0.701. The first-order valence-electron chi connectivity index (χ1n) is 6.68. The molecule has 0 bridgehead atoms. The van der Waals surface area contributed by atoms with Crippen molar-refractivity contribution in [3.05, 3.63) is 11.6 Å². The van der Waals surface area contributed by atoms with Gasteiger partial charge in [-0.1, -0.05) is 11.6 Å². The zero-order valence-electron chi connectivity index (χ0n) is 12.0. The molecule has 3 aliphatic rings. The highest BCUT2D eigenvalue weighted by molar-refractivity contribution is 6.07. The Balaban J connectivity index is 2.08. The Kier molecular flexibility index (Phi) is 2.48. The molecule has 2 fully saturated rings. The van der Waals surface area contributed by atoms with Gasteiger partial charge >= 0.3 is 0 Å². The molecule has 5 unspecified atom stereocenters. The standard InChI is InChI=1S/C14H20N2O3/c1-7-6-14(3)11(15(4)8(7)2)9-10(19-14)13(18)16(5)12(9)17/h6,8-11H,1-5H3. The van der Waals surface area contributed by atoms with Crippen molar-refractivity contribution in [2.75, 3.05) is 14.1 Å². The number of carbonyl (C=O) groups is 2. The highest BCUT2D eigenvalue weighted by Gasteiger charge is 2.64. The maximum Gasteiger partial charge on any atom is 0.258 e. The molecule has 3 aliphatic heterocycles. The summed E-state index contributed by atoms with van der Waals surface area (Å²) in [6, 6.07) is 0.187. The number of amides is 2. The molecular formula is C14H20N2O3. The van der Waals surface area contributed by atoms with Crippen molar-refractivity contribution in [2.45, 2.75) is 44.6 Å². The number of rotatable bonds is 0. The average molecular weight is 264 g/mol. The van der Waals surface area contributed by atoms with Gasteiger partial charge in [-0.15, -0.1) is 0 Å². The van der Waals surface area contributed by atoms with E-state index < -0.39 is 11.7 Å². The van der Waals surface area contributed by atoms with Crippen LogP contribution in [0.1, 0.15) is 20.8 Å². The molecule has 0 N–H and O–H groups in total. The van der Waals surface area contributed by atoms with Gasteiger partial charge in [-0.2, -0.15) is 0 Å². The largest absolute Gasteiger partial charge is 0.356 e. The lowest BCUT2D eigenvalue weighted by atomic mass is 9.80. The fraction of sp³-hybridized carbons (Fsp3) is 0.714. The number of nitrogens with zero attached hydrogens (tertiary/aromatic N) is 2. The van der Waals surface area contributed by atoms with Gasteiger partial charge in [-0.3, -0.25) is 19.4 Å². The molecule has 0 aromatic carbocycles. The Hall–Kier alpha value is -1.20. The highest BCUT2D eigenvalue weighted by atomic mass is 16.5. The van der Waals surface area contributed by atoms with Crippen LogP contribution in [0.3, 0.4) is 0 Å². The molecule has 19 heavy (non-hydrogen) atoms. The SMILES string of the molecule is CC1=CC2(C)OC3C(=O)N(C)C(=O)C3C2N(C)C1C. The summed E-state index contributed by atoms with van der Waals surface area (Å²) < 4.78 is 5.99. The van der Waals surface area contributed by atoms with Crippen LogP contribution in [0.5, 0.6) is 0 Å². The van der Waals surface area contributed by atoms with E-state index in [-0.39, 0.29) is 29.8 Å². The molecular weight excluding hydrogens is 244 g/mol. The van der Waals surface area contributed by atoms with Crippen molar-refractivity contribution in [2.24, 2.45) is 5.92 Å². The Morgan fingerprint density at radius 2 is 1.89 bits per heavy atom. The van der Waals surface area contributed by atoms with E-state index in [1.54, 1.807) is 0 Å². The smallest absolute Gasteiger partial charge is 0.258 e. The summed E-state index contributed by atoms with van der Waals surface area (Å²) in [6.45, 7) is 6.15. The Bertz CT molecular complexity index is 501. The first kappa shape index (κ1) is 12.8. The van der Waals surface area contributed by atoms with Crippen LogP contribution in [0, 0.1) is 5.92 Å². The molecule has 2 amide bonds. The number of carbonyl (C=O) groups excluding carboxylic acids is 2. The molecule has 2 saturated heterocycles. The number of hydrogen-bond donors (Lipinski definition) is 0. The van der Waals surface area contributed by atoms with Gasteiger partial charge in [0.2, 0.25) is 5.91 Å². The number of ether oxygens (including phenoxy) is 1. The predicted octanol–water partition coefficient (Wildman–Crippen LogP) is 0.407. The van der Waals surface area contributed by atoms with Gasteiger partial charge in [0.25, 0.3) is 5.91 Å². The minimum Gasteiger partial charge on any atom is -0.356 e. The molecule has 3 rings (SSSR count). The zero-order chi connectivity index (χ0) is 14.1. The van der Waals surface area contributed by atoms with Crippen molar-refractivity contribution in [3.63, 3.8) is 0 Å². The zero-order valence-corrected chi connectivity index (χ0v) is 12.0. The molecule has 0 aromatic heterocycles. The third-order valence-corrected chi connectivity index (χ3v) is 5.05. The lowest BCUT2D eigenvalue weighted by molar-refractivity contribution is -0.145. The van der Waals surface area contributed by atoms with E-state index in [1.165, 1.54) is 17.5 Å². The van der Waals surface area contributed by atoms with E-state index in [9.17, 15) is 9.59 Å². The molecule has 0 radical (unpaired) electrons. The van der Waals surface area contributed by atoms with Gasteiger partial charge in [-0.25, -0.2) is 0 Å². The van der Waals surface area contributed by atoms with E-state index in [0.29, 0.717) is 0 Å². The molecule has 3 heterocycles. The second-order valence-electron chi connectivity index (χ2n) is 6.16. The van der Waals surface area contributed by atoms with E-state index in [2.05, 4.69) is 24.8 Å². The van der Waals surface area contributed by atoms with E-state index in [4.69, 9.17) is 4.74 Å². The fourth-order valence-electron chi connectivity index (χ4n) is 3.84. The molecule has 5 heteroatoms. The summed E-state index contributed by atoms with van der Waals surface area (Å²) in [4.78, 5) is 27.8. The van der Waals surface area contributed by atoms with Crippen molar-refractivity contribution in [1.82, 2.24) is 9.80 Å². The number of imide groups is 1. The second kappa shape index (κ2) is 3.67. The Morgan fingerprint density at radius 1 is 1.26 bits per heavy atom. The van der Waals surface area contributed by atoms with E-state index in [1.807, 2.05) is 14.0 Å². The molecule has 5 nitrogen and oxygen atoms in total. The maximum atomic E-state index is 12.3. The van der Waals surface area contributed by atoms with Gasteiger partial charge < -0.3 is 4.74 Å². The minimum absolute atomic E-state index is 0.0717. The fourth-order valence-corrected chi connectivity index (χ4v) is 3.84. The number of likely N-dealkylation sites (tertiary alicyclic amines) is 1. The van der Waals surface area contributed by atoms with Crippen molar-refractivity contribution in [3.8, 4) is 0 Å². The monoisotopic (exact) mass is 264 g/mol. The summed E-state index contributed by atoms with van der Waals surface area (Å²) >= 11 is 0. The highest BCUT2D eigenvalue weighted by Crippen LogP contribution is 2.47. The molecule has 0 saturated carbocycles. The van der Waals surface area contributed by atoms with Gasteiger partial charge in [0, 0.05) is 13.1 Å². The summed E-state index contributed by atoms with van der Waals surface area (Å²) in [7, 11) is 3.54. The van der Waals surface area contributed by atoms with Crippen LogP contribution in [0.15, 0.2) is 11.6 Å². The summed E-state index contributed by atoms with van der Waals surface area (Å²) in [5.41, 5.74) is 0.669. The second-order valence-corrected chi connectivity index (χ2v) is 6.16. The van der Waals surface area contributed by atoms with E-state index >= 15 is 0 Å². The molecule has 0 spiro atoms. The summed E-state index contributed by atoms with van der Waals surface area (Å²) in [6.07, 6.45) is 1.46. The number of fused-ring (bicyclic) bond motifs is 3. The Morgan fingerprint density at radius 3 is 2.53 bits per heavy atom. The van der Waals surface area contributed by atoms with Gasteiger partial charge in [0.05, 0.1) is 12.0 Å². The predicted molar refractivity (Wildman–Crippen MR) is 69.3 cm³/mol. The van der Waals surface area contributed by atoms with Gasteiger partial charge in [0.1, 0.15) is 5.60 Å². The third kappa shape index (κ3) is 1.43. The molecule has 0 aromatic rings. The molecule has 5 atom stereocenters. The van der Waals surface area contributed by atoms with Crippen molar-refractivity contribution < 1.29 is 14.3 Å². The first-order valence-corrected chi connectivity index (χ1v) is 6.68. The third-order valence-electron chi connectivity index (χ3n) is 5.05. The van der Waals surface area contributed by atoms with Crippen LogP contribution in [-0.2, 0) is 14.3 Å². The minimum atomic E-state index is -0.621. The van der Waals surface area contributed by atoms with Crippen LogP contribution in [-0.4, -0.2) is 59.5 Å². The molecule has 0 aliphatic carbocycles. The quantitative estimate of drug-likeness (QED) is 0.469. The van der Waals surface area contributed by atoms with Crippen LogP contribution in [0.4, 0.5) is 0 Å². The maximum absolute atomic E-state index is 12.3. The van der Waals surface area contributed by atoms with Crippen LogP contribution < -0.4 is 0 Å². The van der Waals surface area contributed by atoms with Crippen molar-refractivity contribution in [1.29, 1.82) is 0 Å². The van der Waals surface area contributed by atoms with Crippen LogP contribution >= 0.6 is 0 Å². The van der Waals surface area contributed by atoms with Crippen molar-refractivity contribution >= 4 is 11.8 Å². The van der Waals surface area contributed by atoms with Crippen LogP contribution in [0.2, 0.25) is 0 Å². The van der Waals surface area contributed by atoms with Gasteiger partial charge in [-0.05, 0) is 27.8 Å².